The van der Waals surface area contributed by atoms with Gasteiger partial charge in [-0.15, -0.1) is 0 Å². The van der Waals surface area contributed by atoms with Crippen molar-refractivity contribution in [2.75, 3.05) is 13.7 Å². The summed E-state index contributed by atoms with van der Waals surface area (Å²) < 4.78 is 5.14. The maximum Gasteiger partial charge on any atom is 0.323 e. The molecule has 1 amide bonds. The highest BCUT2D eigenvalue weighted by atomic mass is 16.5. The van der Waals surface area contributed by atoms with Crippen LogP contribution < -0.4 is 11.1 Å². The first-order valence-electron chi connectivity index (χ1n) is 5.38. The second-order valence-corrected chi connectivity index (χ2v) is 5.01. The van der Waals surface area contributed by atoms with E-state index in [9.17, 15) is 9.59 Å². The van der Waals surface area contributed by atoms with Crippen LogP contribution in [0.15, 0.2) is 0 Å². The predicted molar refractivity (Wildman–Crippen MR) is 61.7 cm³/mol. The zero-order valence-corrected chi connectivity index (χ0v) is 10.5. The minimum atomic E-state index is -0.463. The molecule has 5 nitrogen and oxygen atoms in total. The Morgan fingerprint density at radius 1 is 1.38 bits per heavy atom. The van der Waals surface area contributed by atoms with Gasteiger partial charge in [-0.2, -0.15) is 0 Å². The fourth-order valence-corrected chi connectivity index (χ4v) is 1.05. The van der Waals surface area contributed by atoms with E-state index in [4.69, 9.17) is 10.5 Å². The summed E-state index contributed by atoms with van der Waals surface area (Å²) in [5.74, 6) is -0.748. The monoisotopic (exact) mass is 230 g/mol. The Labute approximate surface area is 96.7 Å². The normalized spacial score (nSPS) is 13.2. The maximum atomic E-state index is 11.6. The number of carbonyl (C=O) groups is 2. The van der Waals surface area contributed by atoms with Crippen molar-refractivity contribution in [3.05, 3.63) is 0 Å². The van der Waals surface area contributed by atoms with Crippen molar-refractivity contribution in [2.45, 2.75) is 39.7 Å². The van der Waals surface area contributed by atoms with Crippen molar-refractivity contribution < 1.29 is 14.3 Å². The average molecular weight is 230 g/mol. The fraction of sp³-hybridized carbons (Fsp3) is 0.818. The van der Waals surface area contributed by atoms with Crippen LogP contribution in [0, 0.1) is 5.41 Å². The number of hydrogen-bond acceptors (Lipinski definition) is 4. The summed E-state index contributed by atoms with van der Waals surface area (Å²) in [4.78, 5) is 22.2. The van der Waals surface area contributed by atoms with E-state index in [-0.39, 0.29) is 17.8 Å². The molecule has 3 N–H and O–H groups in total. The molecular formula is C11H22N2O3. The van der Waals surface area contributed by atoms with Gasteiger partial charge in [0.25, 0.3) is 0 Å². The molecule has 0 bridgehead atoms. The smallest absolute Gasteiger partial charge is 0.323 e. The number of hydrogen-bond donors (Lipinski definition) is 2. The molecule has 0 saturated carbocycles. The summed E-state index contributed by atoms with van der Waals surface area (Å²) in [6.07, 6.45) is 0.547. The molecule has 0 aliphatic heterocycles. The van der Waals surface area contributed by atoms with Crippen molar-refractivity contribution in [3.63, 3.8) is 0 Å². The standard InChI is InChI=1S/C11H22N2O3/c1-11(2,3)7-16-10(15)8(13-4)5-6-9(12)14/h8,13H,5-7H2,1-4H3,(H2,12,14). The van der Waals surface area contributed by atoms with E-state index in [1.807, 2.05) is 20.8 Å². The molecule has 0 aromatic heterocycles. The van der Waals surface area contributed by atoms with Crippen LogP contribution in [0.5, 0.6) is 0 Å². The number of nitrogens with one attached hydrogen (secondary N) is 1. The number of rotatable bonds is 6. The SMILES string of the molecule is CNC(CCC(N)=O)C(=O)OCC(C)(C)C. The van der Waals surface area contributed by atoms with Crippen LogP contribution >= 0.6 is 0 Å². The first kappa shape index (κ1) is 14.9. The number of primary amides is 1. The topological polar surface area (TPSA) is 81.4 Å². The predicted octanol–water partition coefficient (Wildman–Crippen LogP) is 0.429. The van der Waals surface area contributed by atoms with Gasteiger partial charge in [-0.25, -0.2) is 0 Å². The lowest BCUT2D eigenvalue weighted by atomic mass is 9.99. The first-order valence-corrected chi connectivity index (χ1v) is 5.38. The summed E-state index contributed by atoms with van der Waals surface area (Å²) >= 11 is 0. The number of likely N-dealkylation sites (N-methyl/N-ethyl adjacent to an activating group) is 1. The number of esters is 1. The number of carbonyl (C=O) groups excluding carboxylic acids is 2. The highest BCUT2D eigenvalue weighted by Crippen LogP contribution is 2.13. The van der Waals surface area contributed by atoms with Gasteiger partial charge in [0.05, 0.1) is 6.61 Å². The third-order valence-electron chi connectivity index (χ3n) is 1.96. The third kappa shape index (κ3) is 7.23. The molecule has 0 rings (SSSR count). The number of amides is 1. The third-order valence-corrected chi connectivity index (χ3v) is 1.96. The zero-order valence-electron chi connectivity index (χ0n) is 10.5. The molecule has 1 unspecified atom stereocenters. The second kappa shape index (κ2) is 6.48. The molecule has 0 spiro atoms. The van der Waals surface area contributed by atoms with Crippen LogP contribution in [0.4, 0.5) is 0 Å². The molecule has 0 aromatic rings. The van der Waals surface area contributed by atoms with Gasteiger partial charge in [0.15, 0.2) is 0 Å². The van der Waals surface area contributed by atoms with Crippen LogP contribution in [0.1, 0.15) is 33.6 Å². The van der Waals surface area contributed by atoms with Gasteiger partial charge in [0.1, 0.15) is 6.04 Å². The Kier molecular flexibility index (Phi) is 6.03. The highest BCUT2D eigenvalue weighted by molar-refractivity contribution is 5.78. The molecule has 0 aromatic carbocycles. The van der Waals surface area contributed by atoms with Crippen molar-refractivity contribution in [3.8, 4) is 0 Å². The Bertz CT molecular complexity index is 246. The zero-order chi connectivity index (χ0) is 12.8. The van der Waals surface area contributed by atoms with Crippen molar-refractivity contribution in [2.24, 2.45) is 11.1 Å². The molecule has 0 fully saturated rings. The largest absolute Gasteiger partial charge is 0.464 e. The van der Waals surface area contributed by atoms with E-state index in [0.717, 1.165) is 0 Å². The Hall–Kier alpha value is -1.10. The molecule has 0 radical (unpaired) electrons. The van der Waals surface area contributed by atoms with Gasteiger partial charge in [0.2, 0.25) is 5.91 Å². The lowest BCUT2D eigenvalue weighted by Crippen LogP contribution is -2.37. The van der Waals surface area contributed by atoms with Gasteiger partial charge in [0, 0.05) is 6.42 Å². The molecule has 5 heteroatoms. The Balaban J connectivity index is 4.06. The van der Waals surface area contributed by atoms with Gasteiger partial charge in [-0.1, -0.05) is 20.8 Å². The van der Waals surface area contributed by atoms with Crippen LogP contribution in [-0.2, 0) is 14.3 Å². The highest BCUT2D eigenvalue weighted by Gasteiger charge is 2.21. The molecule has 0 saturated heterocycles. The molecule has 0 heterocycles. The maximum absolute atomic E-state index is 11.6. The minimum Gasteiger partial charge on any atom is -0.464 e. The molecular weight excluding hydrogens is 208 g/mol. The number of nitrogens with two attached hydrogens (primary N) is 1. The molecule has 94 valence electrons. The first-order chi connectivity index (χ1) is 7.26. The van der Waals surface area contributed by atoms with Gasteiger partial charge >= 0.3 is 5.97 Å². The summed E-state index contributed by atoms with van der Waals surface area (Å²) in [6.45, 7) is 6.31. The lowest BCUT2D eigenvalue weighted by Gasteiger charge is -2.20. The fourth-order valence-electron chi connectivity index (χ4n) is 1.05. The van der Waals surface area contributed by atoms with Crippen LogP contribution in [-0.4, -0.2) is 31.6 Å². The summed E-state index contributed by atoms with van der Waals surface area (Å²) in [5.41, 5.74) is 4.96. The average Bonchev–Trinajstić information content (AvgIpc) is 2.14. The van der Waals surface area contributed by atoms with E-state index in [0.29, 0.717) is 13.0 Å². The van der Waals surface area contributed by atoms with Gasteiger partial charge in [-0.3, -0.25) is 9.59 Å². The second-order valence-electron chi connectivity index (χ2n) is 5.01. The Morgan fingerprint density at radius 3 is 2.31 bits per heavy atom. The quantitative estimate of drug-likeness (QED) is 0.648. The van der Waals surface area contributed by atoms with E-state index in [2.05, 4.69) is 5.32 Å². The van der Waals surface area contributed by atoms with Crippen molar-refractivity contribution >= 4 is 11.9 Å². The van der Waals surface area contributed by atoms with Gasteiger partial charge in [-0.05, 0) is 18.9 Å². The van der Waals surface area contributed by atoms with E-state index >= 15 is 0 Å². The molecule has 1 atom stereocenters. The van der Waals surface area contributed by atoms with Crippen LogP contribution in [0.2, 0.25) is 0 Å². The van der Waals surface area contributed by atoms with Crippen LogP contribution in [0.3, 0.4) is 0 Å². The van der Waals surface area contributed by atoms with E-state index < -0.39 is 11.9 Å². The van der Waals surface area contributed by atoms with Crippen LogP contribution in [0.25, 0.3) is 0 Å². The van der Waals surface area contributed by atoms with Gasteiger partial charge < -0.3 is 15.8 Å². The Morgan fingerprint density at radius 2 is 1.94 bits per heavy atom. The lowest BCUT2D eigenvalue weighted by molar-refractivity contribution is -0.149. The molecule has 0 aliphatic rings. The summed E-state index contributed by atoms with van der Waals surface area (Å²) in [5, 5.41) is 2.81. The molecule has 16 heavy (non-hydrogen) atoms. The summed E-state index contributed by atoms with van der Waals surface area (Å²) in [6, 6.07) is -0.463. The minimum absolute atomic E-state index is 0.0579. The molecule has 0 aliphatic carbocycles. The van der Waals surface area contributed by atoms with Crippen molar-refractivity contribution in [1.82, 2.24) is 5.32 Å². The summed E-state index contributed by atoms with van der Waals surface area (Å²) in [7, 11) is 1.66. The number of ether oxygens (including phenoxy) is 1. The van der Waals surface area contributed by atoms with E-state index in [1.54, 1.807) is 7.05 Å². The van der Waals surface area contributed by atoms with E-state index in [1.165, 1.54) is 0 Å². The van der Waals surface area contributed by atoms with Crippen molar-refractivity contribution in [1.29, 1.82) is 0 Å².